The summed E-state index contributed by atoms with van der Waals surface area (Å²) in [4.78, 5) is 2.44. The van der Waals surface area contributed by atoms with Gasteiger partial charge in [0.15, 0.2) is 0 Å². The Hall–Kier alpha value is -0.540. The second-order valence-corrected chi connectivity index (χ2v) is 5.93. The average molecular weight is 297 g/mol. The van der Waals surface area contributed by atoms with Crippen LogP contribution in [0.5, 0.6) is 0 Å². The lowest BCUT2D eigenvalue weighted by Crippen LogP contribution is -2.39. The molecule has 0 aromatic heterocycles. The average Bonchev–Trinajstić information content (AvgIpc) is 2.32. The van der Waals surface area contributed by atoms with Crippen molar-refractivity contribution in [2.45, 2.75) is 25.8 Å². The minimum Gasteiger partial charge on any atom is -0.381 e. The molecule has 2 nitrogen and oxygen atoms in total. The molecule has 1 aliphatic rings. The zero-order valence-electron chi connectivity index (χ0n) is 10.6. The fraction of sp³-hybridized carbons (Fsp3) is 0.571. The maximum Gasteiger partial charge on any atom is 0.0486 e. The van der Waals surface area contributed by atoms with Crippen LogP contribution < -0.4 is 5.32 Å². The molecule has 0 saturated carbocycles. The SMILES string of the molecule is CC(Nc1ccccc1Br)C1CCCN(C)C1. The predicted molar refractivity (Wildman–Crippen MR) is 77.4 cm³/mol. The summed E-state index contributed by atoms with van der Waals surface area (Å²) in [6.45, 7) is 4.75. The molecule has 1 N–H and O–H groups in total. The lowest BCUT2D eigenvalue weighted by molar-refractivity contribution is 0.197. The van der Waals surface area contributed by atoms with Gasteiger partial charge in [-0.05, 0) is 67.3 Å². The van der Waals surface area contributed by atoms with Gasteiger partial charge in [-0.15, -0.1) is 0 Å². The number of hydrogen-bond donors (Lipinski definition) is 1. The second kappa shape index (κ2) is 5.87. The Kier molecular flexibility index (Phi) is 4.46. The highest BCUT2D eigenvalue weighted by molar-refractivity contribution is 9.10. The number of benzene rings is 1. The van der Waals surface area contributed by atoms with E-state index in [-0.39, 0.29) is 0 Å². The van der Waals surface area contributed by atoms with E-state index in [1.165, 1.54) is 31.6 Å². The highest BCUT2D eigenvalue weighted by Crippen LogP contribution is 2.26. The number of hydrogen-bond acceptors (Lipinski definition) is 2. The van der Waals surface area contributed by atoms with Gasteiger partial charge in [0.2, 0.25) is 0 Å². The highest BCUT2D eigenvalue weighted by atomic mass is 79.9. The van der Waals surface area contributed by atoms with Gasteiger partial charge in [-0.2, -0.15) is 0 Å². The molecule has 1 aliphatic heterocycles. The molecule has 17 heavy (non-hydrogen) atoms. The molecule has 0 aliphatic carbocycles. The summed E-state index contributed by atoms with van der Waals surface area (Å²) >= 11 is 3.59. The lowest BCUT2D eigenvalue weighted by atomic mass is 9.92. The Morgan fingerprint density at radius 1 is 1.41 bits per heavy atom. The van der Waals surface area contributed by atoms with E-state index in [0.29, 0.717) is 6.04 Å². The number of para-hydroxylation sites is 1. The van der Waals surface area contributed by atoms with E-state index in [1.54, 1.807) is 0 Å². The summed E-state index contributed by atoms with van der Waals surface area (Å²) in [6, 6.07) is 8.87. The van der Waals surface area contributed by atoms with Gasteiger partial charge in [0, 0.05) is 22.7 Å². The molecule has 3 heteroatoms. The molecular weight excluding hydrogens is 276 g/mol. The molecule has 0 amide bonds. The molecule has 0 spiro atoms. The Morgan fingerprint density at radius 2 is 2.18 bits per heavy atom. The van der Waals surface area contributed by atoms with Crippen LogP contribution in [-0.2, 0) is 0 Å². The molecule has 1 aromatic carbocycles. The third-order valence-electron chi connectivity index (χ3n) is 3.63. The van der Waals surface area contributed by atoms with E-state index >= 15 is 0 Å². The summed E-state index contributed by atoms with van der Waals surface area (Å²) in [6.07, 6.45) is 2.66. The van der Waals surface area contributed by atoms with Crippen molar-refractivity contribution in [2.75, 3.05) is 25.5 Å². The predicted octanol–water partition coefficient (Wildman–Crippen LogP) is 3.59. The number of anilines is 1. The Morgan fingerprint density at radius 3 is 2.88 bits per heavy atom. The monoisotopic (exact) mass is 296 g/mol. The van der Waals surface area contributed by atoms with E-state index in [4.69, 9.17) is 0 Å². The smallest absolute Gasteiger partial charge is 0.0486 e. The van der Waals surface area contributed by atoms with Gasteiger partial charge in [0.1, 0.15) is 0 Å². The first-order chi connectivity index (χ1) is 8.16. The molecule has 2 rings (SSSR count). The van der Waals surface area contributed by atoms with Crippen molar-refractivity contribution in [2.24, 2.45) is 5.92 Å². The molecule has 1 fully saturated rings. The third-order valence-corrected chi connectivity index (χ3v) is 4.32. The van der Waals surface area contributed by atoms with Gasteiger partial charge in [-0.3, -0.25) is 0 Å². The minimum atomic E-state index is 0.524. The van der Waals surface area contributed by atoms with Crippen molar-refractivity contribution in [3.8, 4) is 0 Å². The molecule has 1 aromatic rings. The zero-order chi connectivity index (χ0) is 12.3. The van der Waals surface area contributed by atoms with Crippen LogP contribution in [0.1, 0.15) is 19.8 Å². The molecule has 0 radical (unpaired) electrons. The van der Waals surface area contributed by atoms with E-state index in [0.717, 1.165) is 10.4 Å². The van der Waals surface area contributed by atoms with E-state index < -0.39 is 0 Å². The quantitative estimate of drug-likeness (QED) is 0.917. The number of likely N-dealkylation sites (tertiary alicyclic amines) is 1. The van der Waals surface area contributed by atoms with Crippen LogP contribution in [0.25, 0.3) is 0 Å². The Balaban J connectivity index is 1.96. The first kappa shape index (κ1) is 12.9. The number of rotatable bonds is 3. The van der Waals surface area contributed by atoms with Crippen molar-refractivity contribution in [3.05, 3.63) is 28.7 Å². The van der Waals surface area contributed by atoms with Crippen LogP contribution in [-0.4, -0.2) is 31.1 Å². The third kappa shape index (κ3) is 3.46. The van der Waals surface area contributed by atoms with Gasteiger partial charge < -0.3 is 10.2 Å². The fourth-order valence-corrected chi connectivity index (χ4v) is 2.96. The van der Waals surface area contributed by atoms with Crippen LogP contribution >= 0.6 is 15.9 Å². The molecule has 1 heterocycles. The van der Waals surface area contributed by atoms with Gasteiger partial charge in [0.05, 0.1) is 0 Å². The fourth-order valence-electron chi connectivity index (χ4n) is 2.56. The largest absolute Gasteiger partial charge is 0.381 e. The van der Waals surface area contributed by atoms with Crippen LogP contribution in [0, 0.1) is 5.92 Å². The van der Waals surface area contributed by atoms with Gasteiger partial charge >= 0.3 is 0 Å². The number of nitrogens with one attached hydrogen (secondary N) is 1. The second-order valence-electron chi connectivity index (χ2n) is 5.08. The van der Waals surface area contributed by atoms with Crippen molar-refractivity contribution in [1.82, 2.24) is 4.90 Å². The first-order valence-corrected chi connectivity index (χ1v) is 7.15. The first-order valence-electron chi connectivity index (χ1n) is 6.36. The molecule has 2 atom stereocenters. The molecule has 0 bridgehead atoms. The van der Waals surface area contributed by atoms with Crippen LogP contribution in [0.3, 0.4) is 0 Å². The maximum absolute atomic E-state index is 3.63. The Labute approximate surface area is 113 Å². The van der Waals surface area contributed by atoms with Crippen molar-refractivity contribution in [3.63, 3.8) is 0 Å². The molecule has 94 valence electrons. The van der Waals surface area contributed by atoms with Gasteiger partial charge in [-0.25, -0.2) is 0 Å². The summed E-state index contributed by atoms with van der Waals surface area (Å²) in [7, 11) is 2.22. The van der Waals surface area contributed by atoms with E-state index in [2.05, 4.69) is 58.3 Å². The summed E-state index contributed by atoms with van der Waals surface area (Å²) in [5.74, 6) is 0.751. The Bertz CT molecular complexity index is 367. The zero-order valence-corrected chi connectivity index (χ0v) is 12.2. The maximum atomic E-state index is 3.63. The lowest BCUT2D eigenvalue weighted by Gasteiger charge is -2.34. The summed E-state index contributed by atoms with van der Waals surface area (Å²) < 4.78 is 1.15. The van der Waals surface area contributed by atoms with Gasteiger partial charge in [-0.1, -0.05) is 12.1 Å². The van der Waals surface area contributed by atoms with Crippen LogP contribution in [0.4, 0.5) is 5.69 Å². The standard InChI is InChI=1S/C14H21BrN2/c1-11(12-6-5-9-17(2)10-12)16-14-8-4-3-7-13(14)15/h3-4,7-8,11-12,16H,5-6,9-10H2,1-2H3. The van der Waals surface area contributed by atoms with Gasteiger partial charge in [0.25, 0.3) is 0 Å². The van der Waals surface area contributed by atoms with Crippen LogP contribution in [0.2, 0.25) is 0 Å². The number of halogens is 1. The number of piperidine rings is 1. The van der Waals surface area contributed by atoms with Crippen molar-refractivity contribution in [1.29, 1.82) is 0 Å². The van der Waals surface area contributed by atoms with E-state index in [1.807, 2.05) is 6.07 Å². The van der Waals surface area contributed by atoms with E-state index in [9.17, 15) is 0 Å². The molecular formula is C14H21BrN2. The van der Waals surface area contributed by atoms with Crippen molar-refractivity contribution < 1.29 is 0 Å². The minimum absolute atomic E-state index is 0.524. The summed E-state index contributed by atoms with van der Waals surface area (Å²) in [5.41, 5.74) is 1.20. The highest BCUT2D eigenvalue weighted by Gasteiger charge is 2.22. The number of nitrogens with zero attached hydrogens (tertiary/aromatic N) is 1. The molecule has 1 saturated heterocycles. The topological polar surface area (TPSA) is 15.3 Å². The van der Waals surface area contributed by atoms with Crippen LogP contribution in [0.15, 0.2) is 28.7 Å². The normalized spacial score (nSPS) is 23.4. The summed E-state index contributed by atoms with van der Waals surface area (Å²) in [5, 5.41) is 3.63. The van der Waals surface area contributed by atoms with Crippen molar-refractivity contribution >= 4 is 21.6 Å². The molecule has 2 unspecified atom stereocenters.